The maximum atomic E-state index is 11.7. The van der Waals surface area contributed by atoms with E-state index in [1.54, 1.807) is 30.9 Å². The Hall–Kier alpha value is -2.07. The van der Waals surface area contributed by atoms with Gasteiger partial charge in [-0.1, -0.05) is 12.1 Å². The first-order valence-corrected chi connectivity index (χ1v) is 9.58. The van der Waals surface area contributed by atoms with Gasteiger partial charge in [-0.15, -0.1) is 24.0 Å². The van der Waals surface area contributed by atoms with Gasteiger partial charge in [0.1, 0.15) is 5.75 Å². The van der Waals surface area contributed by atoms with Crippen LogP contribution in [0.4, 0.5) is 5.69 Å². The summed E-state index contributed by atoms with van der Waals surface area (Å²) >= 11 is 0. The van der Waals surface area contributed by atoms with Gasteiger partial charge in [-0.25, -0.2) is 0 Å². The number of unbranched alkanes of at least 4 members (excludes halogenated alkanes) is 1. The van der Waals surface area contributed by atoms with Crippen molar-refractivity contribution >= 4 is 35.6 Å². The van der Waals surface area contributed by atoms with Crippen molar-refractivity contribution < 1.29 is 9.47 Å². The van der Waals surface area contributed by atoms with E-state index in [-0.39, 0.29) is 29.5 Å². The number of guanidine groups is 1. The Bertz CT molecular complexity index is 795. The average molecular weight is 514 g/mol. The normalized spacial score (nSPS) is 10.9. The Morgan fingerprint density at radius 3 is 2.72 bits per heavy atom. The van der Waals surface area contributed by atoms with Gasteiger partial charge in [-0.05, 0) is 31.0 Å². The molecule has 0 aliphatic rings. The number of nitrogens with one attached hydrogen (secondary N) is 2. The van der Waals surface area contributed by atoms with Gasteiger partial charge in [0.25, 0.3) is 0 Å². The molecule has 160 valence electrons. The average Bonchev–Trinajstić information content (AvgIpc) is 2.71. The van der Waals surface area contributed by atoms with Gasteiger partial charge in [0.15, 0.2) is 5.96 Å². The zero-order chi connectivity index (χ0) is 20.0. The van der Waals surface area contributed by atoms with Crippen LogP contribution in [-0.2, 0) is 11.3 Å². The monoisotopic (exact) mass is 514 g/mol. The number of aryl methyl sites for hydroxylation is 1. The van der Waals surface area contributed by atoms with E-state index in [4.69, 9.17) is 9.47 Å². The van der Waals surface area contributed by atoms with E-state index in [1.807, 2.05) is 36.5 Å². The first kappa shape index (κ1) is 25.0. The summed E-state index contributed by atoms with van der Waals surface area (Å²) in [7, 11) is 3.43. The minimum atomic E-state index is 0. The van der Waals surface area contributed by atoms with Crippen LogP contribution in [0.2, 0.25) is 0 Å². The van der Waals surface area contributed by atoms with Gasteiger partial charge < -0.3 is 24.7 Å². The summed E-state index contributed by atoms with van der Waals surface area (Å²) < 4.78 is 12.5. The number of aliphatic imine (C=N–C) groups is 1. The van der Waals surface area contributed by atoms with Crippen molar-refractivity contribution in [1.82, 2.24) is 9.88 Å². The molecule has 0 amide bonds. The molecule has 0 saturated heterocycles. The van der Waals surface area contributed by atoms with Crippen molar-refractivity contribution in [2.75, 3.05) is 39.2 Å². The molecular formula is C21H31IN4O3. The van der Waals surface area contributed by atoms with Crippen LogP contribution in [0.1, 0.15) is 19.3 Å². The molecule has 0 saturated carbocycles. The molecule has 1 aromatic heterocycles. The molecule has 2 aromatic rings. The predicted octanol–water partition coefficient (Wildman–Crippen LogP) is 3.35. The Labute approximate surface area is 189 Å². The molecule has 0 unspecified atom stereocenters. The fraction of sp³-hybridized carbons (Fsp3) is 0.429. The Morgan fingerprint density at radius 2 is 1.97 bits per heavy atom. The molecule has 8 heteroatoms. The number of halogens is 1. The quantitative estimate of drug-likeness (QED) is 0.208. The van der Waals surface area contributed by atoms with Crippen molar-refractivity contribution in [3.8, 4) is 5.75 Å². The van der Waals surface area contributed by atoms with Gasteiger partial charge in [-0.3, -0.25) is 9.79 Å². The highest BCUT2D eigenvalue weighted by Crippen LogP contribution is 2.17. The second-order valence-electron chi connectivity index (χ2n) is 6.29. The number of hydrogen-bond acceptors (Lipinski definition) is 4. The Morgan fingerprint density at radius 1 is 1.10 bits per heavy atom. The molecule has 2 N–H and O–H groups in total. The highest BCUT2D eigenvalue weighted by Gasteiger charge is 2.02. The van der Waals surface area contributed by atoms with Gasteiger partial charge in [0.2, 0.25) is 5.56 Å². The molecule has 7 nitrogen and oxygen atoms in total. The Balaban J connectivity index is 0.00000420. The van der Waals surface area contributed by atoms with Gasteiger partial charge >= 0.3 is 0 Å². The fourth-order valence-corrected chi connectivity index (χ4v) is 2.63. The van der Waals surface area contributed by atoms with Gasteiger partial charge in [0, 0.05) is 64.3 Å². The zero-order valence-corrected chi connectivity index (χ0v) is 19.4. The molecule has 0 aliphatic heterocycles. The third kappa shape index (κ3) is 9.80. The van der Waals surface area contributed by atoms with Crippen molar-refractivity contribution in [2.24, 2.45) is 4.99 Å². The smallest absolute Gasteiger partial charge is 0.250 e. The first-order valence-electron chi connectivity index (χ1n) is 9.58. The third-order valence-electron chi connectivity index (χ3n) is 4.10. The summed E-state index contributed by atoms with van der Waals surface area (Å²) in [6.45, 7) is 2.80. The summed E-state index contributed by atoms with van der Waals surface area (Å²) in [4.78, 5) is 15.9. The molecule has 0 bridgehead atoms. The van der Waals surface area contributed by atoms with E-state index in [0.29, 0.717) is 19.2 Å². The zero-order valence-electron chi connectivity index (χ0n) is 17.1. The summed E-state index contributed by atoms with van der Waals surface area (Å²) in [6, 6.07) is 13.0. The van der Waals surface area contributed by atoms with Crippen molar-refractivity contribution in [1.29, 1.82) is 0 Å². The lowest BCUT2D eigenvalue weighted by molar-refractivity contribution is 0.172. The highest BCUT2D eigenvalue weighted by atomic mass is 127. The minimum Gasteiger partial charge on any atom is -0.493 e. The Kier molecular flexibility index (Phi) is 12.8. The van der Waals surface area contributed by atoms with Gasteiger partial charge in [0.05, 0.1) is 6.61 Å². The number of pyridine rings is 1. The van der Waals surface area contributed by atoms with Crippen LogP contribution in [0.5, 0.6) is 5.75 Å². The van der Waals surface area contributed by atoms with E-state index in [0.717, 1.165) is 43.8 Å². The second-order valence-corrected chi connectivity index (χ2v) is 6.29. The highest BCUT2D eigenvalue weighted by molar-refractivity contribution is 14.0. The largest absolute Gasteiger partial charge is 0.493 e. The van der Waals surface area contributed by atoms with E-state index < -0.39 is 0 Å². The number of methoxy groups -OCH3 is 1. The van der Waals surface area contributed by atoms with Crippen LogP contribution < -0.4 is 20.9 Å². The molecule has 0 spiro atoms. The van der Waals surface area contributed by atoms with Crippen molar-refractivity contribution in [3.63, 3.8) is 0 Å². The number of hydrogen-bond donors (Lipinski definition) is 2. The molecule has 0 atom stereocenters. The summed E-state index contributed by atoms with van der Waals surface area (Å²) in [5.41, 5.74) is 0.949. The molecule has 0 radical (unpaired) electrons. The maximum Gasteiger partial charge on any atom is 0.250 e. The topological polar surface area (TPSA) is 76.9 Å². The van der Waals surface area contributed by atoms with Crippen LogP contribution in [0.3, 0.4) is 0 Å². The van der Waals surface area contributed by atoms with Crippen LogP contribution in [0, 0.1) is 0 Å². The molecule has 0 aliphatic carbocycles. The molecule has 0 fully saturated rings. The molecule has 29 heavy (non-hydrogen) atoms. The van der Waals surface area contributed by atoms with Crippen LogP contribution in [0.15, 0.2) is 58.4 Å². The minimum absolute atomic E-state index is 0. The SMILES string of the molecule is CN=C(NCCCCn1ccccc1=O)Nc1cccc(OCCCOC)c1.I. The summed E-state index contributed by atoms with van der Waals surface area (Å²) in [6.07, 6.45) is 4.52. The summed E-state index contributed by atoms with van der Waals surface area (Å²) in [5, 5.41) is 6.56. The number of nitrogens with zero attached hydrogens (tertiary/aromatic N) is 2. The fourth-order valence-electron chi connectivity index (χ4n) is 2.63. The van der Waals surface area contributed by atoms with Crippen molar-refractivity contribution in [3.05, 3.63) is 59.0 Å². The van der Waals surface area contributed by atoms with Crippen LogP contribution in [0.25, 0.3) is 0 Å². The lowest BCUT2D eigenvalue weighted by atomic mass is 10.3. The molecule has 2 rings (SSSR count). The maximum absolute atomic E-state index is 11.7. The molecular weight excluding hydrogens is 483 g/mol. The standard InChI is InChI=1S/C21H30N4O3.HI/c1-22-21(23-12-4-6-14-25-13-5-3-11-20(25)26)24-18-9-7-10-19(17-18)28-16-8-15-27-2;/h3,5,7,9-11,13,17H,4,6,8,12,14-16H2,1-2H3,(H2,22,23,24);1H. The number of ether oxygens (including phenoxy) is 2. The van der Waals surface area contributed by atoms with Crippen LogP contribution >= 0.6 is 24.0 Å². The number of anilines is 1. The van der Waals surface area contributed by atoms with E-state index in [1.165, 1.54) is 0 Å². The first-order chi connectivity index (χ1) is 13.7. The second kappa shape index (κ2) is 14.9. The predicted molar refractivity (Wildman–Crippen MR) is 129 cm³/mol. The lowest BCUT2D eigenvalue weighted by Crippen LogP contribution is -2.31. The molecule has 1 heterocycles. The van der Waals surface area contributed by atoms with E-state index in [9.17, 15) is 4.79 Å². The van der Waals surface area contributed by atoms with Gasteiger partial charge in [-0.2, -0.15) is 0 Å². The van der Waals surface area contributed by atoms with E-state index >= 15 is 0 Å². The molecule has 1 aromatic carbocycles. The number of aromatic nitrogens is 1. The van der Waals surface area contributed by atoms with E-state index in [2.05, 4.69) is 15.6 Å². The summed E-state index contributed by atoms with van der Waals surface area (Å²) in [5.74, 6) is 1.51. The van der Waals surface area contributed by atoms with Crippen molar-refractivity contribution in [2.45, 2.75) is 25.8 Å². The third-order valence-corrected chi connectivity index (χ3v) is 4.10. The lowest BCUT2D eigenvalue weighted by Gasteiger charge is -2.13. The number of benzene rings is 1. The number of rotatable bonds is 11. The van der Waals surface area contributed by atoms with Crippen LogP contribution in [-0.4, -0.2) is 44.4 Å².